The van der Waals surface area contributed by atoms with Crippen molar-refractivity contribution in [2.45, 2.75) is 19.4 Å². The predicted octanol–water partition coefficient (Wildman–Crippen LogP) is 4.96. The van der Waals surface area contributed by atoms with Crippen LogP contribution in [0.2, 0.25) is 0 Å². The van der Waals surface area contributed by atoms with Gasteiger partial charge in [-0.05, 0) is 61.0 Å². The van der Waals surface area contributed by atoms with Crippen LogP contribution in [0, 0.1) is 0 Å². The molecule has 11 heteroatoms. The van der Waals surface area contributed by atoms with E-state index in [2.05, 4.69) is 19.9 Å². The second-order valence-electron chi connectivity index (χ2n) is 9.36. The first-order valence-corrected chi connectivity index (χ1v) is 13.0. The Balaban J connectivity index is 1.18. The number of benzene rings is 3. The van der Waals surface area contributed by atoms with Crippen LogP contribution in [0.4, 0.5) is 13.2 Å². The molecule has 1 saturated heterocycles. The van der Waals surface area contributed by atoms with E-state index in [4.69, 9.17) is 9.47 Å². The normalized spacial score (nSPS) is 14.3. The van der Waals surface area contributed by atoms with Gasteiger partial charge in [-0.15, -0.1) is 13.2 Å². The lowest BCUT2D eigenvalue weighted by atomic mass is 10.2. The fourth-order valence-corrected chi connectivity index (χ4v) is 4.47. The summed E-state index contributed by atoms with van der Waals surface area (Å²) in [6.45, 7) is 5.09. The van der Waals surface area contributed by atoms with Gasteiger partial charge in [0.25, 0.3) is 5.91 Å². The molecule has 1 aliphatic rings. The summed E-state index contributed by atoms with van der Waals surface area (Å²) in [6.07, 6.45) is -2.17. The number of halogens is 3. The van der Waals surface area contributed by atoms with Crippen molar-refractivity contribution in [1.82, 2.24) is 19.8 Å². The molecule has 0 spiro atoms. The molecule has 1 aliphatic heterocycles. The summed E-state index contributed by atoms with van der Waals surface area (Å²) >= 11 is 0. The minimum absolute atomic E-state index is 0.133. The average molecular weight is 555 g/mol. The van der Waals surface area contributed by atoms with Crippen molar-refractivity contribution in [2.75, 3.05) is 39.4 Å². The summed E-state index contributed by atoms with van der Waals surface area (Å²) in [5.41, 5.74) is 3.58. The maximum atomic E-state index is 12.7. The van der Waals surface area contributed by atoms with E-state index in [1.165, 1.54) is 24.3 Å². The van der Waals surface area contributed by atoms with E-state index in [-0.39, 0.29) is 18.3 Å². The van der Waals surface area contributed by atoms with Gasteiger partial charge in [-0.1, -0.05) is 18.2 Å². The Morgan fingerprint density at radius 1 is 1.00 bits per heavy atom. The molecule has 2 heterocycles. The maximum absolute atomic E-state index is 12.7. The summed E-state index contributed by atoms with van der Waals surface area (Å²) < 4.78 is 54.1. The van der Waals surface area contributed by atoms with E-state index in [1.54, 1.807) is 24.5 Å². The number of amides is 1. The van der Waals surface area contributed by atoms with Gasteiger partial charge < -0.3 is 19.5 Å². The van der Waals surface area contributed by atoms with Crippen LogP contribution in [-0.2, 0) is 11.3 Å². The van der Waals surface area contributed by atoms with Gasteiger partial charge >= 0.3 is 6.36 Å². The van der Waals surface area contributed by atoms with Gasteiger partial charge in [0.05, 0.1) is 29.9 Å². The molecule has 5 rings (SSSR count). The molecule has 1 aromatic heterocycles. The van der Waals surface area contributed by atoms with Crippen LogP contribution < -0.4 is 14.8 Å². The molecule has 0 saturated carbocycles. The van der Waals surface area contributed by atoms with Gasteiger partial charge in [-0.25, -0.2) is 4.98 Å². The molecular weight excluding hydrogens is 525 g/mol. The zero-order valence-electron chi connectivity index (χ0n) is 21.7. The van der Waals surface area contributed by atoms with Gasteiger partial charge in [-0.3, -0.25) is 14.3 Å². The van der Waals surface area contributed by atoms with E-state index in [9.17, 15) is 18.0 Å². The van der Waals surface area contributed by atoms with Crippen LogP contribution in [0.15, 0.2) is 73.1 Å². The number of carbonyl (C=O) groups is 1. The van der Waals surface area contributed by atoms with Crippen molar-refractivity contribution in [2.24, 2.45) is 0 Å². The molecule has 3 aromatic carbocycles. The van der Waals surface area contributed by atoms with Gasteiger partial charge in [0.1, 0.15) is 24.4 Å². The predicted molar refractivity (Wildman–Crippen MR) is 143 cm³/mol. The van der Waals surface area contributed by atoms with Crippen LogP contribution >= 0.6 is 0 Å². The largest absolute Gasteiger partial charge is 0.573 e. The lowest BCUT2D eigenvalue weighted by Gasteiger charge is -2.26. The van der Waals surface area contributed by atoms with Gasteiger partial charge in [0, 0.05) is 31.3 Å². The fraction of sp³-hybridized carbons (Fsp3) is 0.310. The number of alkyl halides is 3. The number of nitrogens with one attached hydrogen (secondary N) is 1. The number of fused-ring (bicyclic) bond motifs is 1. The average Bonchev–Trinajstić information content (AvgIpc) is 3.38. The van der Waals surface area contributed by atoms with E-state index in [0.717, 1.165) is 50.5 Å². The highest BCUT2D eigenvalue weighted by molar-refractivity contribution is 5.97. The Bertz CT molecular complexity index is 1430. The topological polar surface area (TPSA) is 77.9 Å². The SMILES string of the molecule is O=C(NCCCN1CCOCC1)c1ccc2c(c1)ncn2-c1cccc(OCc2ccc(OC(F)(F)F)cc2)c1. The lowest BCUT2D eigenvalue weighted by Crippen LogP contribution is -2.38. The molecule has 0 aliphatic carbocycles. The van der Waals surface area contributed by atoms with Crippen LogP contribution in [0.3, 0.4) is 0 Å². The summed E-state index contributed by atoms with van der Waals surface area (Å²) in [6, 6.07) is 18.4. The number of carbonyl (C=O) groups excluding carboxylic acids is 1. The molecular formula is C29H29F3N4O4. The molecule has 8 nitrogen and oxygen atoms in total. The molecule has 0 bridgehead atoms. The van der Waals surface area contributed by atoms with Crippen LogP contribution in [0.1, 0.15) is 22.3 Å². The first-order chi connectivity index (χ1) is 19.3. The van der Waals surface area contributed by atoms with Gasteiger partial charge in [-0.2, -0.15) is 0 Å². The Labute approximate surface area is 229 Å². The quantitative estimate of drug-likeness (QED) is 0.280. The van der Waals surface area contributed by atoms with Crippen LogP contribution in [0.5, 0.6) is 11.5 Å². The van der Waals surface area contributed by atoms with Crippen molar-refractivity contribution >= 4 is 16.9 Å². The van der Waals surface area contributed by atoms with Crippen molar-refractivity contribution in [3.63, 3.8) is 0 Å². The van der Waals surface area contributed by atoms with E-state index < -0.39 is 6.36 Å². The summed E-state index contributed by atoms with van der Waals surface area (Å²) in [7, 11) is 0. The highest BCUT2D eigenvalue weighted by atomic mass is 19.4. The third-order valence-corrected chi connectivity index (χ3v) is 6.51. The zero-order valence-corrected chi connectivity index (χ0v) is 21.7. The molecule has 1 fully saturated rings. The number of rotatable bonds is 10. The number of nitrogens with zero attached hydrogens (tertiary/aromatic N) is 3. The number of aromatic nitrogens is 2. The third-order valence-electron chi connectivity index (χ3n) is 6.51. The first kappa shape index (κ1) is 27.5. The van der Waals surface area contributed by atoms with Crippen LogP contribution in [-0.4, -0.2) is 66.1 Å². The molecule has 1 amide bonds. The minimum atomic E-state index is -4.73. The number of hydrogen-bond acceptors (Lipinski definition) is 6. The summed E-state index contributed by atoms with van der Waals surface area (Å²) in [5.74, 6) is 0.171. The summed E-state index contributed by atoms with van der Waals surface area (Å²) in [4.78, 5) is 19.5. The molecule has 0 atom stereocenters. The van der Waals surface area contributed by atoms with Gasteiger partial charge in [0.15, 0.2) is 0 Å². The second-order valence-corrected chi connectivity index (χ2v) is 9.36. The number of morpholine rings is 1. The van der Waals surface area contributed by atoms with E-state index in [0.29, 0.717) is 28.9 Å². The lowest BCUT2D eigenvalue weighted by molar-refractivity contribution is -0.274. The second kappa shape index (κ2) is 12.4. The Kier molecular flexibility index (Phi) is 8.51. The maximum Gasteiger partial charge on any atom is 0.573 e. The standard InChI is InChI=1S/C29H29F3N4O4/c30-29(31,32)40-24-8-5-21(6-9-24)19-39-25-4-1-3-23(18-25)36-20-34-26-17-22(7-10-27(26)36)28(37)33-11-2-12-35-13-15-38-16-14-35/h1,3-10,17-18,20H,2,11-16,19H2,(H,33,37). The molecule has 0 unspecified atom stereocenters. The smallest absolute Gasteiger partial charge is 0.489 e. The highest BCUT2D eigenvalue weighted by Gasteiger charge is 2.30. The van der Waals surface area contributed by atoms with Crippen molar-refractivity contribution in [3.8, 4) is 17.2 Å². The monoisotopic (exact) mass is 554 g/mol. The fourth-order valence-electron chi connectivity index (χ4n) is 4.47. The van der Waals surface area contributed by atoms with Crippen molar-refractivity contribution in [1.29, 1.82) is 0 Å². The van der Waals surface area contributed by atoms with Gasteiger partial charge in [0.2, 0.25) is 0 Å². The van der Waals surface area contributed by atoms with Crippen molar-refractivity contribution in [3.05, 3.63) is 84.2 Å². The molecule has 1 N–H and O–H groups in total. The zero-order chi connectivity index (χ0) is 28.0. The number of hydrogen-bond donors (Lipinski definition) is 1. The Hall–Kier alpha value is -4.09. The number of ether oxygens (including phenoxy) is 3. The molecule has 0 radical (unpaired) electrons. The highest BCUT2D eigenvalue weighted by Crippen LogP contribution is 2.25. The van der Waals surface area contributed by atoms with Crippen molar-refractivity contribution < 1.29 is 32.2 Å². The Morgan fingerprint density at radius 3 is 2.58 bits per heavy atom. The Morgan fingerprint density at radius 2 is 1.80 bits per heavy atom. The molecule has 210 valence electrons. The minimum Gasteiger partial charge on any atom is -0.489 e. The molecule has 40 heavy (non-hydrogen) atoms. The first-order valence-electron chi connectivity index (χ1n) is 13.0. The van der Waals surface area contributed by atoms with E-state index >= 15 is 0 Å². The van der Waals surface area contributed by atoms with Crippen LogP contribution in [0.25, 0.3) is 16.7 Å². The van der Waals surface area contributed by atoms with E-state index in [1.807, 2.05) is 28.8 Å². The summed E-state index contributed by atoms with van der Waals surface area (Å²) in [5, 5.41) is 2.98. The molecule has 4 aromatic rings. The number of imidazole rings is 1. The third kappa shape index (κ3) is 7.30.